The van der Waals surface area contributed by atoms with Crippen LogP contribution in [0.3, 0.4) is 0 Å². The van der Waals surface area contributed by atoms with Gasteiger partial charge in [0.1, 0.15) is 0 Å². The molecule has 1 aromatic rings. The molecule has 0 spiro atoms. The van der Waals surface area contributed by atoms with Crippen LogP contribution in [-0.2, 0) is 11.2 Å². The summed E-state index contributed by atoms with van der Waals surface area (Å²) in [7, 11) is 2.04. The van der Waals surface area contributed by atoms with Crippen LogP contribution in [0, 0.1) is 11.8 Å². The number of hydrogen-bond acceptors (Lipinski definition) is 2. The van der Waals surface area contributed by atoms with Crippen molar-refractivity contribution in [3.8, 4) is 0 Å². The molecule has 1 aromatic carbocycles. The van der Waals surface area contributed by atoms with Crippen LogP contribution < -0.4 is 5.32 Å². The quantitative estimate of drug-likeness (QED) is 0.861. The Morgan fingerprint density at radius 2 is 1.95 bits per heavy atom. The van der Waals surface area contributed by atoms with Gasteiger partial charge in [-0.15, -0.1) is 0 Å². The van der Waals surface area contributed by atoms with Gasteiger partial charge in [-0.05, 0) is 68.8 Å². The Balaban J connectivity index is 1.89. The van der Waals surface area contributed by atoms with Gasteiger partial charge in [0.15, 0.2) is 0 Å². The number of benzene rings is 1. The topological polar surface area (TPSA) is 21.3 Å². The van der Waals surface area contributed by atoms with Gasteiger partial charge in [-0.1, -0.05) is 23.7 Å². The summed E-state index contributed by atoms with van der Waals surface area (Å²) in [5, 5.41) is 4.15. The van der Waals surface area contributed by atoms with Crippen molar-refractivity contribution in [2.75, 3.05) is 26.8 Å². The van der Waals surface area contributed by atoms with Gasteiger partial charge in [0, 0.05) is 18.2 Å². The zero-order valence-corrected chi connectivity index (χ0v) is 12.5. The van der Waals surface area contributed by atoms with Crippen molar-refractivity contribution in [3.05, 3.63) is 34.9 Å². The van der Waals surface area contributed by atoms with Crippen LogP contribution >= 0.6 is 11.6 Å². The molecule has 1 aliphatic heterocycles. The van der Waals surface area contributed by atoms with Crippen molar-refractivity contribution < 1.29 is 4.74 Å². The van der Waals surface area contributed by atoms with E-state index in [2.05, 4.69) is 17.4 Å². The van der Waals surface area contributed by atoms with E-state index in [1.54, 1.807) is 0 Å². The molecule has 0 amide bonds. The third kappa shape index (κ3) is 5.13. The first-order valence-corrected chi connectivity index (χ1v) is 7.62. The van der Waals surface area contributed by atoms with Crippen molar-refractivity contribution in [2.24, 2.45) is 11.8 Å². The summed E-state index contributed by atoms with van der Waals surface area (Å²) >= 11 is 5.94. The Bertz CT molecular complexity index is 360. The van der Waals surface area contributed by atoms with E-state index >= 15 is 0 Å². The molecule has 1 aliphatic rings. The highest BCUT2D eigenvalue weighted by atomic mass is 35.5. The van der Waals surface area contributed by atoms with E-state index in [-0.39, 0.29) is 0 Å². The molecule has 0 bridgehead atoms. The Labute approximate surface area is 121 Å². The van der Waals surface area contributed by atoms with Crippen LogP contribution in [0.5, 0.6) is 0 Å². The third-order valence-corrected chi connectivity index (χ3v) is 4.19. The second-order valence-corrected chi connectivity index (χ2v) is 5.98. The van der Waals surface area contributed by atoms with E-state index in [9.17, 15) is 0 Å². The van der Waals surface area contributed by atoms with Crippen molar-refractivity contribution >= 4 is 11.6 Å². The van der Waals surface area contributed by atoms with Gasteiger partial charge >= 0.3 is 0 Å². The van der Waals surface area contributed by atoms with Gasteiger partial charge in [-0.2, -0.15) is 0 Å². The minimum absolute atomic E-state index is 0.703. The highest BCUT2D eigenvalue weighted by Gasteiger charge is 2.19. The summed E-state index contributed by atoms with van der Waals surface area (Å²) < 4.78 is 5.44. The number of hydrogen-bond donors (Lipinski definition) is 1. The van der Waals surface area contributed by atoms with Crippen molar-refractivity contribution in [2.45, 2.75) is 25.7 Å². The van der Waals surface area contributed by atoms with E-state index in [1.165, 1.54) is 24.8 Å². The van der Waals surface area contributed by atoms with E-state index in [0.717, 1.165) is 37.1 Å². The van der Waals surface area contributed by atoms with Gasteiger partial charge in [0.2, 0.25) is 0 Å². The molecule has 1 atom stereocenters. The monoisotopic (exact) mass is 281 g/mol. The number of ether oxygens (including phenoxy) is 1. The average Bonchev–Trinajstić information content (AvgIpc) is 2.43. The number of rotatable bonds is 6. The molecule has 2 rings (SSSR count). The van der Waals surface area contributed by atoms with Crippen LogP contribution in [0.15, 0.2) is 24.3 Å². The summed E-state index contributed by atoms with van der Waals surface area (Å²) in [4.78, 5) is 0. The molecule has 19 heavy (non-hydrogen) atoms. The first-order valence-electron chi connectivity index (χ1n) is 7.24. The Kier molecular flexibility index (Phi) is 6.15. The van der Waals surface area contributed by atoms with E-state index < -0.39 is 0 Å². The lowest BCUT2D eigenvalue weighted by Gasteiger charge is -2.26. The highest BCUT2D eigenvalue weighted by Crippen LogP contribution is 2.25. The van der Waals surface area contributed by atoms with E-state index in [1.807, 2.05) is 19.2 Å². The molecular weight excluding hydrogens is 258 g/mol. The molecule has 0 saturated carbocycles. The van der Waals surface area contributed by atoms with Gasteiger partial charge in [-0.3, -0.25) is 0 Å². The van der Waals surface area contributed by atoms with Crippen LogP contribution in [0.2, 0.25) is 5.02 Å². The molecule has 0 aromatic heterocycles. The molecule has 0 aliphatic carbocycles. The van der Waals surface area contributed by atoms with Gasteiger partial charge in [-0.25, -0.2) is 0 Å². The summed E-state index contributed by atoms with van der Waals surface area (Å²) in [6, 6.07) is 8.27. The fourth-order valence-corrected chi connectivity index (χ4v) is 3.06. The van der Waals surface area contributed by atoms with Crippen LogP contribution in [-0.4, -0.2) is 26.8 Å². The van der Waals surface area contributed by atoms with Crippen molar-refractivity contribution in [3.63, 3.8) is 0 Å². The molecule has 1 N–H and O–H groups in total. The number of nitrogens with one attached hydrogen (secondary N) is 1. The van der Waals surface area contributed by atoms with E-state index in [4.69, 9.17) is 16.3 Å². The second kappa shape index (κ2) is 7.88. The summed E-state index contributed by atoms with van der Waals surface area (Å²) in [5.74, 6) is 1.54. The zero-order valence-electron chi connectivity index (χ0n) is 11.7. The Morgan fingerprint density at radius 3 is 2.58 bits per heavy atom. The normalized spacial score (nSPS) is 18.4. The van der Waals surface area contributed by atoms with E-state index in [0.29, 0.717) is 5.92 Å². The van der Waals surface area contributed by atoms with Gasteiger partial charge in [0.25, 0.3) is 0 Å². The molecule has 3 heteroatoms. The Morgan fingerprint density at radius 1 is 1.26 bits per heavy atom. The molecule has 1 saturated heterocycles. The standard InChI is InChI=1S/C16H24ClNO/c1-18-12-15(11-14-6-8-19-9-7-14)10-13-2-4-16(17)5-3-13/h2-5,14-15,18H,6-12H2,1H3. The summed E-state index contributed by atoms with van der Waals surface area (Å²) in [5.41, 5.74) is 1.39. The molecule has 1 unspecified atom stereocenters. The first-order chi connectivity index (χ1) is 9.28. The third-order valence-electron chi connectivity index (χ3n) is 3.94. The largest absolute Gasteiger partial charge is 0.381 e. The minimum Gasteiger partial charge on any atom is -0.381 e. The van der Waals surface area contributed by atoms with Crippen LogP contribution in [0.25, 0.3) is 0 Å². The highest BCUT2D eigenvalue weighted by molar-refractivity contribution is 6.30. The molecule has 106 valence electrons. The maximum atomic E-state index is 5.94. The lowest BCUT2D eigenvalue weighted by atomic mass is 9.85. The fraction of sp³-hybridized carbons (Fsp3) is 0.625. The molecule has 0 radical (unpaired) electrons. The lowest BCUT2D eigenvalue weighted by Crippen LogP contribution is -2.26. The summed E-state index contributed by atoms with van der Waals surface area (Å²) in [6.45, 7) is 2.97. The molecule has 2 nitrogen and oxygen atoms in total. The van der Waals surface area contributed by atoms with Crippen molar-refractivity contribution in [1.82, 2.24) is 5.32 Å². The molecule has 1 fully saturated rings. The Hall–Kier alpha value is -0.570. The SMILES string of the molecule is CNCC(Cc1ccc(Cl)cc1)CC1CCOCC1. The van der Waals surface area contributed by atoms with Crippen LogP contribution in [0.1, 0.15) is 24.8 Å². The second-order valence-electron chi connectivity index (χ2n) is 5.55. The van der Waals surface area contributed by atoms with Gasteiger partial charge < -0.3 is 10.1 Å². The lowest BCUT2D eigenvalue weighted by molar-refractivity contribution is 0.0586. The van der Waals surface area contributed by atoms with Crippen molar-refractivity contribution in [1.29, 1.82) is 0 Å². The smallest absolute Gasteiger partial charge is 0.0468 e. The molecular formula is C16H24ClNO. The van der Waals surface area contributed by atoms with Gasteiger partial charge in [0.05, 0.1) is 0 Å². The summed E-state index contributed by atoms with van der Waals surface area (Å²) in [6.07, 6.45) is 4.88. The maximum absolute atomic E-state index is 5.94. The zero-order chi connectivity index (χ0) is 13.5. The predicted molar refractivity (Wildman–Crippen MR) is 80.7 cm³/mol. The fourth-order valence-electron chi connectivity index (χ4n) is 2.93. The molecule has 1 heterocycles. The van der Waals surface area contributed by atoms with Crippen LogP contribution in [0.4, 0.5) is 0 Å². The first kappa shape index (κ1) is 14.8. The number of halogens is 1. The predicted octanol–water partition coefficient (Wildman–Crippen LogP) is 3.53. The minimum atomic E-state index is 0.703. The average molecular weight is 282 g/mol. The maximum Gasteiger partial charge on any atom is 0.0468 e.